The van der Waals surface area contributed by atoms with Crippen LogP contribution < -0.4 is 11.5 Å². The van der Waals surface area contributed by atoms with Gasteiger partial charge in [0.1, 0.15) is 0 Å². The Balaban J connectivity index is 0.000000300. The first-order valence-corrected chi connectivity index (χ1v) is 10.3. The standard InChI is InChI=1S/2C12H17NO2/c1-8(2)6-7-9-4-3-5-10(11(9)13)12(14)15;1-9(2)7-8-15-12(14)10-5-3-4-6-11(10)13/h3-5,8H,6-7,13H2,1-2H3,(H,14,15);3-6,9H,7-8,13H2,1-2H3. The van der Waals surface area contributed by atoms with E-state index in [1.807, 2.05) is 6.07 Å². The van der Waals surface area contributed by atoms with Gasteiger partial charge in [-0.2, -0.15) is 0 Å². The SMILES string of the molecule is CC(C)CCOC(=O)c1ccccc1N.CC(C)CCc1cccc(C(=O)O)c1N. The van der Waals surface area contributed by atoms with Crippen molar-refractivity contribution in [3.8, 4) is 0 Å². The normalized spacial score (nSPS) is 10.5. The highest BCUT2D eigenvalue weighted by molar-refractivity contribution is 5.95. The van der Waals surface area contributed by atoms with Gasteiger partial charge in [-0.05, 0) is 54.9 Å². The topological polar surface area (TPSA) is 116 Å². The van der Waals surface area contributed by atoms with Crippen LogP contribution in [-0.2, 0) is 11.2 Å². The molecule has 0 saturated carbocycles. The molecule has 0 bridgehead atoms. The van der Waals surface area contributed by atoms with Crippen molar-refractivity contribution in [2.75, 3.05) is 18.1 Å². The van der Waals surface area contributed by atoms with Crippen LogP contribution in [0.3, 0.4) is 0 Å². The van der Waals surface area contributed by atoms with Gasteiger partial charge >= 0.3 is 11.9 Å². The highest BCUT2D eigenvalue weighted by atomic mass is 16.5. The fourth-order valence-electron chi connectivity index (χ4n) is 2.61. The number of carbonyl (C=O) groups is 2. The summed E-state index contributed by atoms with van der Waals surface area (Å²) in [6.45, 7) is 8.90. The Kier molecular flexibility index (Phi) is 10.4. The lowest BCUT2D eigenvalue weighted by Crippen LogP contribution is -2.10. The first-order valence-electron chi connectivity index (χ1n) is 10.3. The van der Waals surface area contributed by atoms with E-state index in [0.29, 0.717) is 35.4 Å². The molecule has 0 radical (unpaired) electrons. The highest BCUT2D eigenvalue weighted by Crippen LogP contribution is 2.20. The van der Waals surface area contributed by atoms with Crippen LogP contribution in [-0.4, -0.2) is 23.7 Å². The number of nitrogen functional groups attached to an aromatic ring is 2. The molecule has 0 aliphatic carbocycles. The predicted octanol–water partition coefficient (Wildman–Crippen LogP) is 5.03. The van der Waals surface area contributed by atoms with Crippen LogP contribution in [0.2, 0.25) is 0 Å². The molecule has 2 rings (SSSR count). The van der Waals surface area contributed by atoms with Crippen molar-refractivity contribution < 1.29 is 19.4 Å². The number of rotatable bonds is 8. The smallest absolute Gasteiger partial charge is 0.340 e. The van der Waals surface area contributed by atoms with E-state index in [2.05, 4.69) is 27.7 Å². The quantitative estimate of drug-likeness (QED) is 0.412. The van der Waals surface area contributed by atoms with Crippen molar-refractivity contribution in [2.24, 2.45) is 11.8 Å². The molecular formula is C24H34N2O4. The van der Waals surface area contributed by atoms with E-state index in [0.717, 1.165) is 24.8 Å². The summed E-state index contributed by atoms with van der Waals surface area (Å²) in [5.74, 6) is -0.170. The molecule has 0 heterocycles. The van der Waals surface area contributed by atoms with Crippen LogP contribution in [0.15, 0.2) is 42.5 Å². The molecule has 0 atom stereocenters. The fraction of sp³-hybridized carbons (Fsp3) is 0.417. The maximum atomic E-state index is 11.5. The van der Waals surface area contributed by atoms with Crippen LogP contribution >= 0.6 is 0 Å². The van der Waals surface area contributed by atoms with Gasteiger partial charge in [0.15, 0.2) is 0 Å². The minimum absolute atomic E-state index is 0.205. The zero-order chi connectivity index (χ0) is 22.7. The van der Waals surface area contributed by atoms with E-state index in [4.69, 9.17) is 21.3 Å². The Morgan fingerprint density at radius 1 is 0.900 bits per heavy atom. The Hall–Kier alpha value is -3.02. The third-order valence-corrected chi connectivity index (χ3v) is 4.53. The molecule has 0 saturated heterocycles. The molecule has 30 heavy (non-hydrogen) atoms. The van der Waals surface area contributed by atoms with Crippen molar-refractivity contribution in [1.29, 1.82) is 0 Å². The number of hydrogen-bond donors (Lipinski definition) is 3. The van der Waals surface area contributed by atoms with Crippen molar-refractivity contribution in [2.45, 2.75) is 47.0 Å². The zero-order valence-corrected chi connectivity index (χ0v) is 18.4. The summed E-state index contributed by atoms with van der Waals surface area (Å²) >= 11 is 0. The van der Waals surface area contributed by atoms with Crippen LogP contribution in [0, 0.1) is 11.8 Å². The first kappa shape index (κ1) is 25.0. The minimum atomic E-state index is -0.959. The lowest BCUT2D eigenvalue weighted by atomic mass is 9.99. The van der Waals surface area contributed by atoms with Crippen LogP contribution in [0.4, 0.5) is 11.4 Å². The van der Waals surface area contributed by atoms with Gasteiger partial charge in [0.2, 0.25) is 0 Å². The molecule has 2 aromatic carbocycles. The number of aryl methyl sites for hydroxylation is 1. The molecule has 0 aliphatic rings. The molecule has 0 amide bonds. The van der Waals surface area contributed by atoms with Gasteiger partial charge in [0.05, 0.1) is 17.7 Å². The van der Waals surface area contributed by atoms with Crippen LogP contribution in [0.25, 0.3) is 0 Å². The first-order chi connectivity index (χ1) is 14.1. The molecule has 6 nitrogen and oxygen atoms in total. The summed E-state index contributed by atoms with van der Waals surface area (Å²) in [4.78, 5) is 22.4. The molecule has 0 aliphatic heterocycles. The number of carboxylic acids is 1. The summed E-state index contributed by atoms with van der Waals surface area (Å²) in [7, 11) is 0. The lowest BCUT2D eigenvalue weighted by molar-refractivity contribution is 0.0489. The van der Waals surface area contributed by atoms with E-state index in [9.17, 15) is 9.59 Å². The Labute approximate surface area is 179 Å². The summed E-state index contributed by atoms with van der Waals surface area (Å²) in [5.41, 5.74) is 13.9. The third-order valence-electron chi connectivity index (χ3n) is 4.53. The number of aromatic carboxylic acids is 1. The molecule has 0 spiro atoms. The number of benzene rings is 2. The maximum absolute atomic E-state index is 11.5. The van der Waals surface area contributed by atoms with Gasteiger partial charge in [-0.3, -0.25) is 0 Å². The van der Waals surface area contributed by atoms with E-state index >= 15 is 0 Å². The van der Waals surface area contributed by atoms with Crippen molar-refractivity contribution >= 4 is 23.3 Å². The minimum Gasteiger partial charge on any atom is -0.478 e. The Morgan fingerprint density at radius 2 is 1.50 bits per heavy atom. The van der Waals surface area contributed by atoms with E-state index in [-0.39, 0.29) is 11.5 Å². The van der Waals surface area contributed by atoms with E-state index < -0.39 is 5.97 Å². The predicted molar refractivity (Wildman–Crippen MR) is 122 cm³/mol. The van der Waals surface area contributed by atoms with Crippen molar-refractivity contribution in [3.63, 3.8) is 0 Å². The second kappa shape index (κ2) is 12.5. The molecule has 6 heteroatoms. The zero-order valence-electron chi connectivity index (χ0n) is 18.4. The lowest BCUT2D eigenvalue weighted by Gasteiger charge is -2.09. The molecule has 2 aromatic rings. The Bertz CT molecular complexity index is 832. The largest absolute Gasteiger partial charge is 0.478 e. The van der Waals surface area contributed by atoms with Gasteiger partial charge in [-0.25, -0.2) is 9.59 Å². The summed E-state index contributed by atoms with van der Waals surface area (Å²) < 4.78 is 5.10. The van der Waals surface area contributed by atoms with Crippen molar-refractivity contribution in [3.05, 3.63) is 59.2 Å². The van der Waals surface area contributed by atoms with Gasteiger partial charge in [-0.1, -0.05) is 52.0 Å². The van der Waals surface area contributed by atoms with Crippen molar-refractivity contribution in [1.82, 2.24) is 0 Å². The molecule has 0 fully saturated rings. The highest BCUT2D eigenvalue weighted by Gasteiger charge is 2.11. The number of nitrogens with two attached hydrogens (primary N) is 2. The fourth-order valence-corrected chi connectivity index (χ4v) is 2.61. The molecule has 5 N–H and O–H groups in total. The van der Waals surface area contributed by atoms with Gasteiger partial charge < -0.3 is 21.3 Å². The molecule has 164 valence electrons. The monoisotopic (exact) mass is 414 g/mol. The van der Waals surface area contributed by atoms with E-state index in [1.54, 1.807) is 30.3 Å². The number of para-hydroxylation sites is 2. The summed E-state index contributed by atoms with van der Waals surface area (Å²) in [5, 5.41) is 8.89. The second-order valence-electron chi connectivity index (χ2n) is 8.02. The molecular weight excluding hydrogens is 380 g/mol. The number of ether oxygens (including phenoxy) is 1. The number of anilines is 2. The van der Waals surface area contributed by atoms with Gasteiger partial charge in [0.25, 0.3) is 0 Å². The number of carbonyl (C=O) groups excluding carboxylic acids is 1. The molecule has 0 unspecified atom stereocenters. The Morgan fingerprint density at radius 3 is 2.07 bits per heavy atom. The average molecular weight is 415 g/mol. The molecule has 0 aromatic heterocycles. The van der Waals surface area contributed by atoms with Crippen LogP contribution in [0.5, 0.6) is 0 Å². The van der Waals surface area contributed by atoms with Gasteiger partial charge in [0, 0.05) is 11.4 Å². The van der Waals surface area contributed by atoms with E-state index in [1.165, 1.54) is 6.07 Å². The maximum Gasteiger partial charge on any atom is 0.340 e. The summed E-state index contributed by atoms with van der Waals surface area (Å²) in [6, 6.07) is 12.1. The number of esters is 1. The second-order valence-corrected chi connectivity index (χ2v) is 8.02. The number of hydrogen-bond acceptors (Lipinski definition) is 5. The number of carboxylic acid groups (broad SMARTS) is 1. The summed E-state index contributed by atoms with van der Waals surface area (Å²) in [6.07, 6.45) is 2.73. The average Bonchev–Trinajstić information content (AvgIpc) is 2.67. The van der Waals surface area contributed by atoms with Gasteiger partial charge in [-0.15, -0.1) is 0 Å². The third kappa shape index (κ3) is 8.55. The van der Waals surface area contributed by atoms with Crippen LogP contribution in [0.1, 0.15) is 66.8 Å².